The predicted octanol–water partition coefficient (Wildman–Crippen LogP) is 0.121. The summed E-state index contributed by atoms with van der Waals surface area (Å²) < 4.78 is 19.3. The number of nitrogens with one attached hydrogen (secondary N) is 1. The maximum Gasteiger partial charge on any atom is 0.123 e. The molecule has 1 aromatic carbocycles. The predicted molar refractivity (Wildman–Crippen MR) is 114 cm³/mol. The smallest absolute Gasteiger partial charge is 0.123 e. The molecular weight excluding hydrogens is 387 g/mol. The van der Waals surface area contributed by atoms with Crippen molar-refractivity contribution in [1.29, 1.82) is 0 Å². The van der Waals surface area contributed by atoms with Crippen molar-refractivity contribution < 1.29 is 19.3 Å². The van der Waals surface area contributed by atoms with Crippen molar-refractivity contribution in [3.8, 4) is 0 Å². The van der Waals surface area contributed by atoms with Crippen molar-refractivity contribution in [3.05, 3.63) is 30.1 Å². The molecule has 4 atom stereocenters. The van der Waals surface area contributed by atoms with E-state index in [2.05, 4.69) is 27.1 Å². The zero-order valence-corrected chi connectivity index (χ0v) is 17.8. The van der Waals surface area contributed by atoms with E-state index in [-0.39, 0.29) is 24.6 Å². The third-order valence-corrected chi connectivity index (χ3v) is 6.90. The quantitative estimate of drug-likeness (QED) is 0.602. The number of ether oxygens (including phenoxy) is 1. The van der Waals surface area contributed by atoms with Crippen LogP contribution in [0.15, 0.2) is 24.3 Å². The van der Waals surface area contributed by atoms with Gasteiger partial charge in [-0.25, -0.2) is 4.39 Å². The van der Waals surface area contributed by atoms with E-state index in [9.17, 15) is 14.6 Å². The van der Waals surface area contributed by atoms with Crippen LogP contribution in [0.4, 0.5) is 10.1 Å². The Balaban J connectivity index is 1.34. The first kappa shape index (κ1) is 21.9. The van der Waals surface area contributed by atoms with Crippen molar-refractivity contribution >= 4 is 5.69 Å². The van der Waals surface area contributed by atoms with Crippen molar-refractivity contribution in [3.63, 3.8) is 0 Å². The minimum atomic E-state index is -0.698. The second-order valence-corrected chi connectivity index (χ2v) is 8.86. The minimum Gasteiger partial charge on any atom is -0.394 e. The van der Waals surface area contributed by atoms with Crippen LogP contribution in [0.5, 0.6) is 0 Å². The molecule has 0 spiro atoms. The Bertz CT molecular complexity index is 663. The number of nitrogens with zero attached hydrogens (tertiary/aromatic N) is 3. The number of piperazine rings is 1. The van der Waals surface area contributed by atoms with Crippen LogP contribution in [-0.4, -0.2) is 110 Å². The topological polar surface area (TPSA) is 71.4 Å². The highest BCUT2D eigenvalue weighted by molar-refractivity contribution is 5.46. The van der Waals surface area contributed by atoms with Gasteiger partial charge in [0.25, 0.3) is 0 Å². The number of piperidine rings is 1. The molecule has 3 fully saturated rings. The number of halogens is 1. The Kier molecular flexibility index (Phi) is 7.23. The lowest BCUT2D eigenvalue weighted by molar-refractivity contribution is -0.0222. The summed E-state index contributed by atoms with van der Waals surface area (Å²) in [5, 5.41) is 24.1. The molecule has 4 rings (SSSR count). The van der Waals surface area contributed by atoms with E-state index >= 15 is 0 Å². The van der Waals surface area contributed by atoms with Gasteiger partial charge in [-0.3, -0.25) is 4.90 Å². The molecule has 30 heavy (non-hydrogen) atoms. The second kappa shape index (κ2) is 9.89. The SMILES string of the molecule is CN1CCC(NC[C@H]2O[C@@H](CO)[C@@H](O)[C@H]2N2CCN(c3ccc(F)cc3)CC2)CC1. The molecule has 0 bridgehead atoms. The molecule has 1 aromatic rings. The molecule has 7 nitrogen and oxygen atoms in total. The Morgan fingerprint density at radius 2 is 1.70 bits per heavy atom. The van der Waals surface area contributed by atoms with Crippen LogP contribution in [0, 0.1) is 5.82 Å². The van der Waals surface area contributed by atoms with Crippen LogP contribution in [-0.2, 0) is 4.74 Å². The van der Waals surface area contributed by atoms with E-state index in [1.165, 1.54) is 12.1 Å². The van der Waals surface area contributed by atoms with Gasteiger partial charge in [-0.2, -0.15) is 0 Å². The number of aliphatic hydroxyl groups is 2. The standard InChI is InChI=1S/C22H35FN4O3/c1-25-8-6-17(7-9-25)24-14-19-21(22(29)20(15-28)30-19)27-12-10-26(11-13-27)18-4-2-16(23)3-5-18/h2-5,17,19-22,24,28-29H,6-15H2,1H3/t19-,20+,21+,22-/m1/s1. The van der Waals surface area contributed by atoms with Crippen molar-refractivity contribution in [2.75, 3.05) is 64.4 Å². The maximum absolute atomic E-state index is 13.2. The summed E-state index contributed by atoms with van der Waals surface area (Å²) in [7, 11) is 2.15. The summed E-state index contributed by atoms with van der Waals surface area (Å²) in [6, 6.07) is 6.96. The van der Waals surface area contributed by atoms with Crippen LogP contribution in [0.1, 0.15) is 12.8 Å². The van der Waals surface area contributed by atoms with Gasteiger partial charge in [0.15, 0.2) is 0 Å². The number of likely N-dealkylation sites (tertiary alicyclic amines) is 1. The molecule has 168 valence electrons. The van der Waals surface area contributed by atoms with Gasteiger partial charge in [-0.1, -0.05) is 0 Å². The van der Waals surface area contributed by atoms with E-state index in [4.69, 9.17) is 4.74 Å². The molecule has 0 aromatic heterocycles. The first-order chi connectivity index (χ1) is 14.5. The highest BCUT2D eigenvalue weighted by Gasteiger charge is 2.46. The summed E-state index contributed by atoms with van der Waals surface area (Å²) in [4.78, 5) is 6.88. The molecule has 3 aliphatic rings. The first-order valence-electron chi connectivity index (χ1n) is 11.2. The summed E-state index contributed by atoms with van der Waals surface area (Å²) >= 11 is 0. The Hall–Kier alpha value is -1.29. The molecule has 0 saturated carbocycles. The van der Waals surface area contributed by atoms with Gasteiger partial charge in [-0.05, 0) is 57.2 Å². The average molecular weight is 423 g/mol. The monoisotopic (exact) mass is 422 g/mol. The van der Waals surface area contributed by atoms with Crippen LogP contribution in [0.2, 0.25) is 0 Å². The number of rotatable bonds is 6. The fourth-order valence-electron chi connectivity index (χ4n) is 5.02. The molecule has 0 aliphatic carbocycles. The van der Waals surface area contributed by atoms with Gasteiger partial charge >= 0.3 is 0 Å². The van der Waals surface area contributed by atoms with E-state index in [0.29, 0.717) is 12.6 Å². The van der Waals surface area contributed by atoms with Crippen LogP contribution in [0.3, 0.4) is 0 Å². The van der Waals surface area contributed by atoms with Crippen LogP contribution >= 0.6 is 0 Å². The third kappa shape index (κ3) is 4.95. The summed E-state index contributed by atoms with van der Waals surface area (Å²) in [6.45, 7) is 5.93. The lowest BCUT2D eigenvalue weighted by Crippen LogP contribution is -2.58. The summed E-state index contributed by atoms with van der Waals surface area (Å²) in [5.74, 6) is -0.224. The van der Waals surface area contributed by atoms with Gasteiger partial charge in [0, 0.05) is 44.5 Å². The van der Waals surface area contributed by atoms with E-state index in [0.717, 1.165) is 57.8 Å². The van der Waals surface area contributed by atoms with Gasteiger partial charge in [0.2, 0.25) is 0 Å². The van der Waals surface area contributed by atoms with E-state index in [1.54, 1.807) is 0 Å². The summed E-state index contributed by atoms with van der Waals surface area (Å²) in [5.41, 5.74) is 1.02. The Morgan fingerprint density at radius 1 is 1.03 bits per heavy atom. The highest BCUT2D eigenvalue weighted by Crippen LogP contribution is 2.28. The van der Waals surface area contributed by atoms with Crippen LogP contribution in [0.25, 0.3) is 0 Å². The maximum atomic E-state index is 13.2. The number of hydrogen-bond donors (Lipinski definition) is 3. The molecule has 3 heterocycles. The fraction of sp³-hybridized carbons (Fsp3) is 0.727. The molecule has 0 unspecified atom stereocenters. The zero-order valence-electron chi connectivity index (χ0n) is 17.8. The van der Waals surface area contributed by atoms with Crippen molar-refractivity contribution in [2.24, 2.45) is 0 Å². The van der Waals surface area contributed by atoms with E-state index < -0.39 is 12.2 Å². The van der Waals surface area contributed by atoms with Gasteiger partial charge in [0.1, 0.15) is 18.0 Å². The van der Waals surface area contributed by atoms with Gasteiger partial charge < -0.3 is 30.1 Å². The molecule has 8 heteroatoms. The van der Waals surface area contributed by atoms with E-state index in [1.807, 2.05) is 12.1 Å². The first-order valence-corrected chi connectivity index (χ1v) is 11.2. The summed E-state index contributed by atoms with van der Waals surface area (Å²) in [6.07, 6.45) is 0.868. The lowest BCUT2D eigenvalue weighted by atomic mass is 10.00. The Morgan fingerprint density at radius 3 is 2.33 bits per heavy atom. The zero-order chi connectivity index (χ0) is 21.1. The fourth-order valence-corrected chi connectivity index (χ4v) is 5.02. The number of hydrogen-bond acceptors (Lipinski definition) is 7. The molecule has 3 saturated heterocycles. The molecule has 0 radical (unpaired) electrons. The second-order valence-electron chi connectivity index (χ2n) is 8.86. The van der Waals surface area contributed by atoms with Crippen molar-refractivity contribution in [2.45, 2.75) is 43.2 Å². The molecule has 0 amide bonds. The highest BCUT2D eigenvalue weighted by atomic mass is 19.1. The lowest BCUT2D eigenvalue weighted by Gasteiger charge is -2.41. The van der Waals surface area contributed by atoms with Crippen molar-refractivity contribution in [1.82, 2.24) is 15.1 Å². The normalized spacial score (nSPS) is 32.1. The third-order valence-electron chi connectivity index (χ3n) is 6.90. The minimum absolute atomic E-state index is 0.128. The Labute approximate surface area is 178 Å². The largest absolute Gasteiger partial charge is 0.394 e. The molecule has 3 aliphatic heterocycles. The van der Waals surface area contributed by atoms with Gasteiger partial charge in [-0.15, -0.1) is 0 Å². The van der Waals surface area contributed by atoms with Gasteiger partial charge in [0.05, 0.1) is 18.8 Å². The number of benzene rings is 1. The number of aliphatic hydroxyl groups excluding tert-OH is 2. The average Bonchev–Trinajstić information content (AvgIpc) is 3.09. The van der Waals surface area contributed by atoms with Crippen LogP contribution < -0.4 is 10.2 Å². The molecule has 3 N–H and O–H groups in total. The molecular formula is C22H35FN4O3. The number of anilines is 1.